The molecular weight excluding hydrogens is 636 g/mol. The number of hydrogen-bond acceptors (Lipinski definition) is 6. The zero-order valence-corrected chi connectivity index (χ0v) is 29.1. The molecular formula is C38H46N6O6. The molecule has 12 nitrogen and oxygen atoms in total. The van der Waals surface area contributed by atoms with E-state index in [9.17, 15) is 29.4 Å². The number of carbonyl (C=O) groups excluding carboxylic acids is 2. The van der Waals surface area contributed by atoms with Gasteiger partial charge in [-0.15, -0.1) is 4.99 Å². The van der Waals surface area contributed by atoms with Gasteiger partial charge in [0.1, 0.15) is 12.1 Å². The van der Waals surface area contributed by atoms with Gasteiger partial charge in [0, 0.05) is 30.6 Å². The predicted octanol–water partition coefficient (Wildman–Crippen LogP) is 5.54. The third-order valence-electron chi connectivity index (χ3n) is 7.70. The van der Waals surface area contributed by atoms with E-state index < -0.39 is 41.8 Å². The van der Waals surface area contributed by atoms with Gasteiger partial charge in [0.15, 0.2) is 0 Å². The van der Waals surface area contributed by atoms with Crippen LogP contribution < -0.4 is 21.3 Å². The number of aliphatic imine (C=N–C) groups is 1. The fourth-order valence-electron chi connectivity index (χ4n) is 5.39. The number of nitriles is 1. The van der Waals surface area contributed by atoms with Crippen LogP contribution in [-0.2, 0) is 32.0 Å². The molecule has 0 radical (unpaired) electrons. The van der Waals surface area contributed by atoms with Gasteiger partial charge in [0.25, 0.3) is 0 Å². The minimum atomic E-state index is -1.30. The first-order valence-corrected chi connectivity index (χ1v) is 16.4. The summed E-state index contributed by atoms with van der Waals surface area (Å²) in [6.07, 6.45) is 2.22. The Morgan fingerprint density at radius 2 is 1.26 bits per heavy atom. The number of hydrogen-bond donors (Lipinski definition) is 6. The topological polar surface area (TPSA) is 193 Å². The van der Waals surface area contributed by atoms with Crippen molar-refractivity contribution in [1.82, 2.24) is 10.6 Å². The average Bonchev–Trinajstić information content (AvgIpc) is 3.03. The standard InChI is InChI=1S/C38H46N6O6/c1-24(2)19-30(25-15-17-29(18-16-25)42-37(40-23-39)41-28-13-7-6-8-14-28)34(46)44-32(36(49)50)21-27-12-10-9-11-26(27)20-31(35(47)48)43-33(45)22-38(3,4)5/h6-18,24,30-32H,19-22H2,1-5H3,(H,43,45)(H,44,46)(H,47,48)(H,49,50)(H2,40,41,42). The number of benzene rings is 3. The Kier molecular flexibility index (Phi) is 14.1. The Hall–Kier alpha value is -5.70. The lowest BCUT2D eigenvalue weighted by atomic mass is 9.88. The molecule has 264 valence electrons. The predicted molar refractivity (Wildman–Crippen MR) is 192 cm³/mol. The molecule has 6 N–H and O–H groups in total. The maximum absolute atomic E-state index is 13.7. The molecule has 2 amide bonds. The molecule has 0 heterocycles. The smallest absolute Gasteiger partial charge is 0.326 e. The number of amides is 2. The number of guanidine groups is 1. The van der Waals surface area contributed by atoms with E-state index in [4.69, 9.17) is 5.26 Å². The normalized spacial score (nSPS) is 13.3. The minimum Gasteiger partial charge on any atom is -0.480 e. The molecule has 3 aromatic carbocycles. The molecule has 0 spiro atoms. The van der Waals surface area contributed by atoms with Crippen LogP contribution in [0, 0.1) is 22.8 Å². The summed E-state index contributed by atoms with van der Waals surface area (Å²) in [6.45, 7) is 9.58. The summed E-state index contributed by atoms with van der Waals surface area (Å²) < 4.78 is 0. The van der Waals surface area contributed by atoms with E-state index in [1.807, 2.05) is 65.0 Å². The highest BCUT2D eigenvalue weighted by Gasteiger charge is 2.29. The molecule has 3 rings (SSSR count). The van der Waals surface area contributed by atoms with Gasteiger partial charge >= 0.3 is 11.9 Å². The number of carboxylic acids is 2. The van der Waals surface area contributed by atoms with Crippen molar-refractivity contribution in [2.24, 2.45) is 16.3 Å². The van der Waals surface area contributed by atoms with Gasteiger partial charge in [-0.2, -0.15) is 5.26 Å². The molecule has 0 saturated carbocycles. The molecule has 3 aromatic rings. The van der Waals surface area contributed by atoms with Crippen molar-refractivity contribution in [1.29, 1.82) is 5.26 Å². The van der Waals surface area contributed by atoms with Gasteiger partial charge in [-0.3, -0.25) is 9.59 Å². The molecule has 50 heavy (non-hydrogen) atoms. The first kappa shape index (κ1) is 38.7. The van der Waals surface area contributed by atoms with E-state index in [2.05, 4.69) is 26.3 Å². The lowest BCUT2D eigenvalue weighted by Crippen LogP contribution is -2.45. The summed E-state index contributed by atoms with van der Waals surface area (Å²) in [5, 5.41) is 40.6. The molecule has 0 aliphatic rings. The van der Waals surface area contributed by atoms with Crippen LogP contribution in [0.2, 0.25) is 0 Å². The molecule has 0 bridgehead atoms. The van der Waals surface area contributed by atoms with Crippen LogP contribution >= 0.6 is 0 Å². The SMILES string of the molecule is CC(C)CC(C(=O)NC(Cc1ccccc1CC(NC(=O)CC(C)(C)C)C(=O)O)C(=O)O)c1ccc(NC(=NC#N)Nc2ccccc2)cc1. The number of nitrogens with one attached hydrogen (secondary N) is 4. The zero-order chi connectivity index (χ0) is 36.8. The molecule has 0 saturated heterocycles. The van der Waals surface area contributed by atoms with E-state index in [1.165, 1.54) is 0 Å². The van der Waals surface area contributed by atoms with E-state index in [-0.39, 0.29) is 36.6 Å². The third kappa shape index (κ3) is 12.7. The highest BCUT2D eigenvalue weighted by Crippen LogP contribution is 2.26. The number of para-hydroxylation sites is 1. The van der Waals surface area contributed by atoms with Crippen LogP contribution in [0.3, 0.4) is 0 Å². The van der Waals surface area contributed by atoms with Gasteiger partial charge in [-0.25, -0.2) is 9.59 Å². The lowest BCUT2D eigenvalue weighted by Gasteiger charge is -2.24. The monoisotopic (exact) mass is 682 g/mol. The summed E-state index contributed by atoms with van der Waals surface area (Å²) in [7, 11) is 0. The summed E-state index contributed by atoms with van der Waals surface area (Å²) in [6, 6.07) is 20.6. The van der Waals surface area contributed by atoms with E-state index in [0.29, 0.717) is 28.8 Å². The summed E-state index contributed by atoms with van der Waals surface area (Å²) in [5.74, 6) is -3.63. The van der Waals surface area contributed by atoms with Crippen molar-refractivity contribution < 1.29 is 29.4 Å². The Morgan fingerprint density at radius 3 is 1.74 bits per heavy atom. The van der Waals surface area contributed by atoms with E-state index >= 15 is 0 Å². The van der Waals surface area contributed by atoms with Crippen molar-refractivity contribution >= 4 is 41.1 Å². The fraction of sp³-hybridized carbons (Fsp3) is 0.368. The van der Waals surface area contributed by atoms with Crippen LogP contribution in [0.15, 0.2) is 83.9 Å². The Balaban J connectivity index is 1.77. The Labute approximate surface area is 293 Å². The number of aliphatic carboxylic acids is 2. The van der Waals surface area contributed by atoms with Crippen LogP contribution in [0.25, 0.3) is 0 Å². The number of carboxylic acid groups (broad SMARTS) is 2. The van der Waals surface area contributed by atoms with Crippen LogP contribution in [0.4, 0.5) is 11.4 Å². The second-order valence-electron chi connectivity index (χ2n) is 13.8. The number of anilines is 2. The molecule has 0 aliphatic heterocycles. The molecule has 0 fully saturated rings. The average molecular weight is 683 g/mol. The van der Waals surface area contributed by atoms with Gasteiger partial charge in [-0.05, 0) is 58.7 Å². The van der Waals surface area contributed by atoms with Crippen molar-refractivity contribution in [3.63, 3.8) is 0 Å². The number of rotatable bonds is 15. The van der Waals surface area contributed by atoms with E-state index in [1.54, 1.807) is 54.7 Å². The van der Waals surface area contributed by atoms with Crippen molar-refractivity contribution in [3.8, 4) is 6.19 Å². The summed E-state index contributed by atoms with van der Waals surface area (Å²) >= 11 is 0. The quantitative estimate of drug-likeness (QED) is 0.0678. The van der Waals surface area contributed by atoms with Crippen molar-refractivity contribution in [2.45, 2.75) is 78.3 Å². The van der Waals surface area contributed by atoms with E-state index in [0.717, 1.165) is 5.69 Å². The highest BCUT2D eigenvalue weighted by molar-refractivity contribution is 6.04. The van der Waals surface area contributed by atoms with Crippen LogP contribution in [-0.4, -0.2) is 52.0 Å². The maximum Gasteiger partial charge on any atom is 0.326 e. The minimum absolute atomic E-state index is 0.0559. The van der Waals surface area contributed by atoms with Crippen LogP contribution in [0.1, 0.15) is 70.1 Å². The summed E-state index contributed by atoms with van der Waals surface area (Å²) in [5.41, 5.74) is 2.80. The van der Waals surface area contributed by atoms with Gasteiger partial charge in [-0.1, -0.05) is 89.2 Å². The van der Waals surface area contributed by atoms with Crippen molar-refractivity contribution in [3.05, 3.63) is 95.6 Å². The first-order valence-electron chi connectivity index (χ1n) is 16.4. The van der Waals surface area contributed by atoms with Gasteiger partial charge in [0.2, 0.25) is 24.0 Å². The largest absolute Gasteiger partial charge is 0.480 e. The Morgan fingerprint density at radius 1 is 0.760 bits per heavy atom. The van der Waals surface area contributed by atoms with Crippen molar-refractivity contribution in [2.75, 3.05) is 10.6 Å². The molecule has 0 aromatic heterocycles. The highest BCUT2D eigenvalue weighted by atomic mass is 16.4. The summed E-state index contributed by atoms with van der Waals surface area (Å²) in [4.78, 5) is 54.6. The molecule has 3 atom stereocenters. The van der Waals surface area contributed by atoms with Crippen LogP contribution in [0.5, 0.6) is 0 Å². The zero-order valence-electron chi connectivity index (χ0n) is 29.1. The molecule has 0 aliphatic carbocycles. The lowest BCUT2D eigenvalue weighted by molar-refractivity contribution is -0.142. The second-order valence-corrected chi connectivity index (χ2v) is 13.8. The maximum atomic E-state index is 13.7. The Bertz CT molecular complexity index is 1690. The third-order valence-corrected chi connectivity index (χ3v) is 7.70. The molecule has 3 unspecified atom stereocenters. The fourth-order valence-corrected chi connectivity index (χ4v) is 5.39. The first-order chi connectivity index (χ1) is 23.6. The number of carbonyl (C=O) groups is 4. The number of nitrogens with zero attached hydrogens (tertiary/aromatic N) is 2. The molecule has 12 heteroatoms. The van der Waals surface area contributed by atoms with Gasteiger partial charge < -0.3 is 31.5 Å². The van der Waals surface area contributed by atoms with Gasteiger partial charge in [0.05, 0.1) is 5.92 Å². The second kappa shape index (κ2) is 18.2.